The maximum absolute atomic E-state index is 12.4. The molecule has 0 aromatic carbocycles. The van der Waals surface area contributed by atoms with Crippen LogP contribution in [0.1, 0.15) is 39.5 Å². The van der Waals surface area contributed by atoms with Gasteiger partial charge in [-0.05, 0) is 12.8 Å². The largest absolute Gasteiger partial charge is 0.358 e. The van der Waals surface area contributed by atoms with Crippen LogP contribution in [0.3, 0.4) is 0 Å². The summed E-state index contributed by atoms with van der Waals surface area (Å²) >= 11 is 0. The van der Waals surface area contributed by atoms with Crippen molar-refractivity contribution in [1.29, 1.82) is 5.26 Å². The number of hydrogen-bond acceptors (Lipinski definition) is 3. The second kappa shape index (κ2) is 7.70. The first-order valence-corrected chi connectivity index (χ1v) is 6.34. The molecule has 0 aromatic rings. The Morgan fingerprint density at radius 2 is 1.78 bits per heavy atom. The molecule has 0 radical (unpaired) electrons. The molecule has 1 N–H and O–H groups in total. The van der Waals surface area contributed by atoms with Crippen LogP contribution in [0.15, 0.2) is 0 Å². The van der Waals surface area contributed by atoms with Crippen molar-refractivity contribution in [3.63, 3.8) is 0 Å². The fourth-order valence-corrected chi connectivity index (χ4v) is 2.08. The molecule has 0 bridgehead atoms. The molecule has 0 fully saturated rings. The van der Waals surface area contributed by atoms with E-state index in [1.807, 2.05) is 13.8 Å². The highest BCUT2D eigenvalue weighted by molar-refractivity contribution is 5.89. The Bertz CT molecular complexity index is 328. The number of nitrogens with zero attached hydrogens (tertiary/aromatic N) is 2. The number of carbonyl (C=O) groups excluding carboxylic acids is 2. The van der Waals surface area contributed by atoms with E-state index >= 15 is 0 Å². The quantitative estimate of drug-likeness (QED) is 0.743. The zero-order valence-corrected chi connectivity index (χ0v) is 11.7. The van der Waals surface area contributed by atoms with E-state index in [-0.39, 0.29) is 18.4 Å². The molecule has 5 heteroatoms. The van der Waals surface area contributed by atoms with E-state index in [9.17, 15) is 14.9 Å². The van der Waals surface area contributed by atoms with Gasteiger partial charge < -0.3 is 10.2 Å². The zero-order chi connectivity index (χ0) is 14.2. The van der Waals surface area contributed by atoms with E-state index in [0.717, 1.165) is 12.8 Å². The standard InChI is InChI=1S/C13H23N3O2/c1-5-7-13(10-14,8-6-2)12(18)16(4)9-11(17)15-3/h5-9H2,1-4H3,(H,15,17). The third kappa shape index (κ3) is 4.02. The monoisotopic (exact) mass is 253 g/mol. The summed E-state index contributed by atoms with van der Waals surface area (Å²) in [4.78, 5) is 25.0. The zero-order valence-electron chi connectivity index (χ0n) is 11.7. The van der Waals surface area contributed by atoms with Crippen molar-refractivity contribution in [3.05, 3.63) is 0 Å². The highest BCUT2D eigenvalue weighted by Crippen LogP contribution is 2.31. The highest BCUT2D eigenvalue weighted by Gasteiger charge is 2.39. The fourth-order valence-electron chi connectivity index (χ4n) is 2.08. The van der Waals surface area contributed by atoms with Gasteiger partial charge in [0.1, 0.15) is 5.41 Å². The third-order valence-electron chi connectivity index (χ3n) is 2.98. The van der Waals surface area contributed by atoms with Gasteiger partial charge in [0.05, 0.1) is 12.6 Å². The lowest BCUT2D eigenvalue weighted by Gasteiger charge is -2.29. The number of nitriles is 1. The van der Waals surface area contributed by atoms with Crippen molar-refractivity contribution in [1.82, 2.24) is 10.2 Å². The number of amides is 2. The van der Waals surface area contributed by atoms with Crippen LogP contribution in [-0.2, 0) is 9.59 Å². The SMILES string of the molecule is CCCC(C#N)(CCC)C(=O)N(C)CC(=O)NC. The lowest BCUT2D eigenvalue weighted by Crippen LogP contribution is -2.45. The maximum atomic E-state index is 12.4. The average Bonchev–Trinajstić information content (AvgIpc) is 2.37. The van der Waals surface area contributed by atoms with Gasteiger partial charge in [-0.1, -0.05) is 26.7 Å². The van der Waals surface area contributed by atoms with Gasteiger partial charge in [0.2, 0.25) is 11.8 Å². The summed E-state index contributed by atoms with van der Waals surface area (Å²) in [5.41, 5.74) is -0.980. The summed E-state index contributed by atoms with van der Waals surface area (Å²) in [5.74, 6) is -0.483. The lowest BCUT2D eigenvalue weighted by molar-refractivity contribution is -0.141. The Kier molecular flexibility index (Phi) is 7.03. The molecular formula is C13H23N3O2. The van der Waals surface area contributed by atoms with E-state index in [1.165, 1.54) is 11.9 Å². The number of carbonyl (C=O) groups is 2. The van der Waals surface area contributed by atoms with Crippen molar-refractivity contribution in [2.24, 2.45) is 5.41 Å². The van der Waals surface area contributed by atoms with Crippen LogP contribution >= 0.6 is 0 Å². The molecule has 0 aliphatic heterocycles. The summed E-state index contributed by atoms with van der Waals surface area (Å²) in [6.45, 7) is 3.90. The van der Waals surface area contributed by atoms with Crippen LogP contribution in [0.2, 0.25) is 0 Å². The van der Waals surface area contributed by atoms with Gasteiger partial charge in [-0.2, -0.15) is 5.26 Å². The molecule has 0 unspecified atom stereocenters. The molecule has 0 heterocycles. The molecule has 5 nitrogen and oxygen atoms in total. The van der Waals surface area contributed by atoms with E-state index < -0.39 is 5.41 Å². The molecule has 0 aromatic heterocycles. The second-order valence-electron chi connectivity index (χ2n) is 4.53. The summed E-state index contributed by atoms with van der Waals surface area (Å²) < 4.78 is 0. The first-order valence-electron chi connectivity index (χ1n) is 6.34. The maximum Gasteiger partial charge on any atom is 0.243 e. The average molecular weight is 253 g/mol. The van der Waals surface area contributed by atoms with Crippen molar-refractivity contribution in [2.45, 2.75) is 39.5 Å². The van der Waals surface area contributed by atoms with Gasteiger partial charge >= 0.3 is 0 Å². The first kappa shape index (κ1) is 16.4. The van der Waals surface area contributed by atoms with Crippen molar-refractivity contribution >= 4 is 11.8 Å². The van der Waals surface area contributed by atoms with Crippen LogP contribution in [0.5, 0.6) is 0 Å². The minimum absolute atomic E-state index is 0.00775. The molecule has 0 rings (SSSR count). The van der Waals surface area contributed by atoms with Gasteiger partial charge in [-0.3, -0.25) is 9.59 Å². The lowest BCUT2D eigenvalue weighted by atomic mass is 9.79. The molecule has 0 saturated heterocycles. The normalized spacial score (nSPS) is 10.6. The number of nitrogens with one attached hydrogen (secondary N) is 1. The second-order valence-corrected chi connectivity index (χ2v) is 4.53. The first-order chi connectivity index (χ1) is 8.47. The van der Waals surface area contributed by atoms with Crippen LogP contribution in [-0.4, -0.2) is 37.4 Å². The summed E-state index contributed by atoms with van der Waals surface area (Å²) in [5, 5.41) is 11.8. The highest BCUT2D eigenvalue weighted by atomic mass is 16.2. The van der Waals surface area contributed by atoms with Crippen LogP contribution in [0, 0.1) is 16.7 Å². The fraction of sp³-hybridized carbons (Fsp3) is 0.769. The molecule has 18 heavy (non-hydrogen) atoms. The predicted molar refractivity (Wildman–Crippen MR) is 69.6 cm³/mol. The Labute approximate surface area is 109 Å². The molecule has 0 aliphatic carbocycles. The molecule has 102 valence electrons. The Balaban J connectivity index is 4.95. The number of hydrogen-bond donors (Lipinski definition) is 1. The summed E-state index contributed by atoms with van der Waals surface area (Å²) in [6, 6.07) is 2.17. The number of likely N-dealkylation sites (N-methyl/N-ethyl adjacent to an activating group) is 2. The third-order valence-corrected chi connectivity index (χ3v) is 2.98. The predicted octanol–water partition coefficient (Wildman–Crippen LogP) is 1.30. The van der Waals surface area contributed by atoms with Gasteiger partial charge in [-0.15, -0.1) is 0 Å². The van der Waals surface area contributed by atoms with Crippen molar-refractivity contribution in [2.75, 3.05) is 20.6 Å². The van der Waals surface area contributed by atoms with Gasteiger partial charge in [0, 0.05) is 14.1 Å². The van der Waals surface area contributed by atoms with Gasteiger partial charge in [0.15, 0.2) is 0 Å². The van der Waals surface area contributed by atoms with Gasteiger partial charge in [-0.25, -0.2) is 0 Å². The topological polar surface area (TPSA) is 73.2 Å². The van der Waals surface area contributed by atoms with E-state index in [4.69, 9.17) is 0 Å². The number of rotatable bonds is 7. The van der Waals surface area contributed by atoms with Crippen LogP contribution < -0.4 is 5.32 Å². The summed E-state index contributed by atoms with van der Waals surface area (Å²) in [7, 11) is 3.09. The molecule has 0 saturated carbocycles. The van der Waals surface area contributed by atoms with Crippen molar-refractivity contribution in [3.8, 4) is 6.07 Å². The van der Waals surface area contributed by atoms with Crippen LogP contribution in [0.25, 0.3) is 0 Å². The van der Waals surface area contributed by atoms with E-state index in [0.29, 0.717) is 12.8 Å². The Morgan fingerprint density at radius 1 is 1.28 bits per heavy atom. The molecule has 0 atom stereocenters. The van der Waals surface area contributed by atoms with E-state index in [1.54, 1.807) is 7.05 Å². The minimum Gasteiger partial charge on any atom is -0.358 e. The molecule has 0 aliphatic rings. The molecular weight excluding hydrogens is 230 g/mol. The van der Waals surface area contributed by atoms with Crippen molar-refractivity contribution < 1.29 is 9.59 Å². The van der Waals surface area contributed by atoms with Crippen LogP contribution in [0.4, 0.5) is 0 Å². The molecule has 2 amide bonds. The molecule has 0 spiro atoms. The minimum atomic E-state index is -0.980. The smallest absolute Gasteiger partial charge is 0.243 e. The summed E-state index contributed by atoms with van der Waals surface area (Å²) in [6.07, 6.45) is 2.61. The van der Waals surface area contributed by atoms with Gasteiger partial charge in [0.25, 0.3) is 0 Å². The Morgan fingerprint density at radius 3 is 2.11 bits per heavy atom. The Hall–Kier alpha value is -1.57. The van der Waals surface area contributed by atoms with E-state index in [2.05, 4.69) is 11.4 Å².